The molecule has 1 saturated heterocycles. The highest BCUT2D eigenvalue weighted by Gasteiger charge is 2.27. The minimum atomic E-state index is -0.00360. The molecule has 1 N–H and O–H groups in total. The summed E-state index contributed by atoms with van der Waals surface area (Å²) in [5.74, 6) is 0.483. The van der Waals surface area contributed by atoms with Gasteiger partial charge in [-0.15, -0.1) is 11.3 Å². The van der Waals surface area contributed by atoms with E-state index in [-0.39, 0.29) is 18.1 Å². The van der Waals surface area contributed by atoms with E-state index in [2.05, 4.69) is 24.1 Å². The highest BCUT2D eigenvalue weighted by molar-refractivity contribution is 7.14. The van der Waals surface area contributed by atoms with E-state index in [4.69, 9.17) is 4.74 Å². The van der Waals surface area contributed by atoms with E-state index in [9.17, 15) is 4.79 Å². The van der Waals surface area contributed by atoms with Gasteiger partial charge in [-0.1, -0.05) is 13.8 Å². The number of ether oxygens (including phenoxy) is 1. The first kappa shape index (κ1) is 16.2. The third-order valence-corrected chi connectivity index (χ3v) is 5.61. The Morgan fingerprint density at radius 2 is 2.30 bits per heavy atom. The molecule has 1 aliphatic heterocycles. The molecule has 0 bridgehead atoms. The normalized spacial score (nSPS) is 21.6. The topological polar surface area (TPSA) is 56.1 Å². The Morgan fingerprint density at radius 3 is 2.96 bits per heavy atom. The second-order valence-corrected chi connectivity index (χ2v) is 7.46. The Hall–Kier alpha value is -1.66. The number of amides is 1. The smallest absolute Gasteiger partial charge is 0.261 e. The van der Waals surface area contributed by atoms with E-state index in [1.165, 1.54) is 4.88 Å². The van der Waals surface area contributed by atoms with Gasteiger partial charge in [0.25, 0.3) is 5.91 Å². The molecule has 1 fully saturated rings. The Balaban J connectivity index is 1.63. The van der Waals surface area contributed by atoms with Crippen LogP contribution in [0.1, 0.15) is 59.0 Å². The number of aromatic nitrogens is 2. The van der Waals surface area contributed by atoms with E-state index in [1.807, 2.05) is 29.9 Å². The summed E-state index contributed by atoms with van der Waals surface area (Å²) < 4.78 is 7.82. The van der Waals surface area contributed by atoms with Crippen molar-refractivity contribution in [1.82, 2.24) is 14.9 Å². The molecular formula is C17H23N3O2S. The molecule has 6 heteroatoms. The van der Waals surface area contributed by atoms with Crippen molar-refractivity contribution in [3.63, 3.8) is 0 Å². The van der Waals surface area contributed by atoms with Gasteiger partial charge in [-0.05, 0) is 30.9 Å². The Bertz CT molecular complexity index is 677. The minimum Gasteiger partial charge on any atom is -0.372 e. The Morgan fingerprint density at radius 1 is 1.48 bits per heavy atom. The first-order chi connectivity index (χ1) is 11.0. The van der Waals surface area contributed by atoms with Crippen LogP contribution < -0.4 is 5.32 Å². The molecule has 23 heavy (non-hydrogen) atoms. The second kappa shape index (κ2) is 6.84. The van der Waals surface area contributed by atoms with Crippen molar-refractivity contribution >= 4 is 17.2 Å². The van der Waals surface area contributed by atoms with Crippen LogP contribution in [0.3, 0.4) is 0 Å². The van der Waals surface area contributed by atoms with E-state index in [1.54, 1.807) is 17.7 Å². The van der Waals surface area contributed by atoms with Crippen LogP contribution in [0.2, 0.25) is 0 Å². The fourth-order valence-corrected chi connectivity index (χ4v) is 3.77. The molecular weight excluding hydrogens is 310 g/mol. The largest absolute Gasteiger partial charge is 0.372 e. The molecule has 2 atom stereocenters. The lowest BCUT2D eigenvalue weighted by Crippen LogP contribution is -2.39. The number of aryl methyl sites for hydroxylation is 1. The molecule has 0 radical (unpaired) electrons. The van der Waals surface area contributed by atoms with Gasteiger partial charge in [0.05, 0.1) is 23.1 Å². The van der Waals surface area contributed by atoms with Gasteiger partial charge in [0.1, 0.15) is 6.10 Å². The van der Waals surface area contributed by atoms with Gasteiger partial charge in [-0.2, -0.15) is 0 Å². The third kappa shape index (κ3) is 3.64. The first-order valence-corrected chi connectivity index (χ1v) is 8.84. The summed E-state index contributed by atoms with van der Waals surface area (Å²) in [5, 5.41) is 3.16. The lowest BCUT2D eigenvalue weighted by atomic mass is 10.0. The summed E-state index contributed by atoms with van der Waals surface area (Å²) in [6.45, 7) is 4.94. The van der Waals surface area contributed by atoms with Crippen LogP contribution in [0, 0.1) is 0 Å². The van der Waals surface area contributed by atoms with Crippen LogP contribution in [0.15, 0.2) is 24.7 Å². The van der Waals surface area contributed by atoms with Crippen molar-refractivity contribution in [3.8, 4) is 0 Å². The number of carbonyl (C=O) groups is 1. The van der Waals surface area contributed by atoms with E-state index in [0.717, 1.165) is 23.4 Å². The number of hydrogen-bond donors (Lipinski definition) is 1. The standard InChI is InChI=1S/C17H23N3O2S/c1-11(2)15-4-5-16(23-15)17(21)19-12-6-7-22-14(8-12)13-9-18-10-20(13)3/h4-5,9-12,14H,6-8H2,1-3H3,(H,19,21). The minimum absolute atomic E-state index is 0.00360. The number of thiophene rings is 1. The average molecular weight is 333 g/mol. The van der Waals surface area contributed by atoms with Crippen molar-refractivity contribution < 1.29 is 9.53 Å². The predicted octanol–water partition coefficient (Wildman–Crippen LogP) is 3.26. The highest BCUT2D eigenvalue weighted by atomic mass is 32.1. The van der Waals surface area contributed by atoms with Gasteiger partial charge in [-0.3, -0.25) is 4.79 Å². The number of imidazole rings is 1. The predicted molar refractivity (Wildman–Crippen MR) is 90.8 cm³/mol. The number of carbonyl (C=O) groups excluding carboxylic acids is 1. The fraction of sp³-hybridized carbons (Fsp3) is 0.529. The maximum Gasteiger partial charge on any atom is 0.261 e. The van der Waals surface area contributed by atoms with Gasteiger partial charge in [0, 0.05) is 24.6 Å². The van der Waals surface area contributed by atoms with Crippen LogP contribution in [0.4, 0.5) is 0 Å². The zero-order valence-corrected chi connectivity index (χ0v) is 14.6. The fourth-order valence-electron chi connectivity index (χ4n) is 2.85. The zero-order chi connectivity index (χ0) is 16.4. The molecule has 0 aliphatic carbocycles. The van der Waals surface area contributed by atoms with Crippen molar-refractivity contribution in [1.29, 1.82) is 0 Å². The SMILES string of the molecule is CC(C)c1ccc(C(=O)NC2CCOC(c3cncn3C)C2)s1. The summed E-state index contributed by atoms with van der Waals surface area (Å²) >= 11 is 1.58. The maximum absolute atomic E-state index is 12.4. The first-order valence-electron chi connectivity index (χ1n) is 8.03. The Labute approximate surface area is 140 Å². The van der Waals surface area contributed by atoms with E-state index in [0.29, 0.717) is 12.5 Å². The summed E-state index contributed by atoms with van der Waals surface area (Å²) in [4.78, 5) is 18.6. The second-order valence-electron chi connectivity index (χ2n) is 6.34. The van der Waals surface area contributed by atoms with Gasteiger partial charge in [-0.25, -0.2) is 4.98 Å². The van der Waals surface area contributed by atoms with Crippen molar-refractivity contribution in [3.05, 3.63) is 40.1 Å². The molecule has 1 amide bonds. The van der Waals surface area contributed by atoms with Crippen molar-refractivity contribution in [2.45, 2.75) is 44.8 Å². The molecule has 1 aliphatic rings. The van der Waals surface area contributed by atoms with Crippen LogP contribution in [-0.2, 0) is 11.8 Å². The van der Waals surface area contributed by atoms with Crippen LogP contribution in [0.5, 0.6) is 0 Å². The van der Waals surface area contributed by atoms with Crippen LogP contribution in [-0.4, -0.2) is 28.1 Å². The number of rotatable bonds is 4. The molecule has 124 valence electrons. The number of nitrogens with zero attached hydrogens (tertiary/aromatic N) is 2. The van der Waals surface area contributed by atoms with Gasteiger partial charge < -0.3 is 14.6 Å². The molecule has 0 saturated carbocycles. The average Bonchev–Trinajstić information content (AvgIpc) is 3.16. The maximum atomic E-state index is 12.4. The third-order valence-electron chi connectivity index (χ3n) is 4.22. The van der Waals surface area contributed by atoms with Gasteiger partial charge >= 0.3 is 0 Å². The van der Waals surface area contributed by atoms with Crippen molar-refractivity contribution in [2.75, 3.05) is 6.61 Å². The van der Waals surface area contributed by atoms with Crippen LogP contribution >= 0.6 is 11.3 Å². The molecule has 2 unspecified atom stereocenters. The molecule has 5 nitrogen and oxygen atoms in total. The summed E-state index contributed by atoms with van der Waals surface area (Å²) in [6, 6.07) is 4.11. The number of hydrogen-bond acceptors (Lipinski definition) is 4. The summed E-state index contributed by atoms with van der Waals surface area (Å²) in [5.41, 5.74) is 1.06. The lowest BCUT2D eigenvalue weighted by molar-refractivity contribution is -0.00298. The molecule has 0 spiro atoms. The quantitative estimate of drug-likeness (QED) is 0.934. The summed E-state index contributed by atoms with van der Waals surface area (Å²) in [7, 11) is 1.97. The van der Waals surface area contributed by atoms with Crippen molar-refractivity contribution in [2.24, 2.45) is 7.05 Å². The highest BCUT2D eigenvalue weighted by Crippen LogP contribution is 2.28. The monoisotopic (exact) mass is 333 g/mol. The van der Waals surface area contributed by atoms with Gasteiger partial charge in [0.2, 0.25) is 0 Å². The van der Waals surface area contributed by atoms with Crippen LogP contribution in [0.25, 0.3) is 0 Å². The zero-order valence-electron chi connectivity index (χ0n) is 13.8. The van der Waals surface area contributed by atoms with Gasteiger partial charge in [0.15, 0.2) is 0 Å². The molecule has 3 rings (SSSR count). The number of nitrogens with one attached hydrogen (secondary N) is 1. The Kier molecular flexibility index (Phi) is 4.82. The summed E-state index contributed by atoms with van der Waals surface area (Å²) in [6.07, 6.45) is 5.25. The molecule has 0 aromatic carbocycles. The molecule has 2 aromatic rings. The molecule has 2 aromatic heterocycles. The van der Waals surface area contributed by atoms with E-state index < -0.39 is 0 Å². The van der Waals surface area contributed by atoms with E-state index >= 15 is 0 Å². The molecule has 3 heterocycles. The lowest BCUT2D eigenvalue weighted by Gasteiger charge is -2.30.